The highest BCUT2D eigenvalue weighted by atomic mass is 14.8. The van der Waals surface area contributed by atoms with Gasteiger partial charge in [0, 0.05) is 5.39 Å². The van der Waals surface area contributed by atoms with Crippen LogP contribution in [-0.4, -0.2) is 9.97 Å². The maximum absolute atomic E-state index is 5.19. The third kappa shape index (κ3) is 1.02. The molecule has 55 valence electrons. The highest BCUT2D eigenvalue weighted by molar-refractivity contribution is 5.74. The Labute approximate surface area is 70.3 Å². The molecule has 12 heavy (non-hydrogen) atoms. The topological polar surface area (TPSA) is 25.8 Å². The summed E-state index contributed by atoms with van der Waals surface area (Å²) in [5.74, 6) is 2.45. The van der Waals surface area contributed by atoms with E-state index >= 15 is 0 Å². The summed E-state index contributed by atoms with van der Waals surface area (Å²) in [7, 11) is 0. The lowest BCUT2D eigenvalue weighted by atomic mass is 10.2. The lowest BCUT2D eigenvalue weighted by molar-refractivity contribution is 1.26. The Kier molecular flexibility index (Phi) is 1.49. The zero-order valence-electron chi connectivity index (χ0n) is 6.28. The van der Waals surface area contributed by atoms with Crippen LogP contribution in [0.15, 0.2) is 24.3 Å². The molecule has 0 aliphatic carbocycles. The smallest absolute Gasteiger partial charge is 0.161 e. The molecule has 0 saturated heterocycles. The zero-order chi connectivity index (χ0) is 8.39. The molecule has 0 N–H and O–H groups in total. The van der Waals surface area contributed by atoms with Gasteiger partial charge >= 0.3 is 0 Å². The Morgan fingerprint density at radius 1 is 1.33 bits per heavy atom. The van der Waals surface area contributed by atoms with E-state index in [1.807, 2.05) is 12.1 Å². The molecule has 0 atom stereocenters. The van der Waals surface area contributed by atoms with Crippen molar-refractivity contribution in [3.63, 3.8) is 0 Å². The third-order valence-corrected chi connectivity index (χ3v) is 1.56. The molecular weight excluding hydrogens is 148 g/mol. The van der Waals surface area contributed by atoms with Crippen molar-refractivity contribution in [2.24, 2.45) is 0 Å². The Morgan fingerprint density at radius 3 is 3.08 bits per heavy atom. The quantitative estimate of drug-likeness (QED) is 0.535. The molecule has 0 aromatic carbocycles. The number of hydrogen-bond acceptors (Lipinski definition) is 2. The van der Waals surface area contributed by atoms with Crippen LogP contribution in [-0.2, 0) is 0 Å². The van der Waals surface area contributed by atoms with E-state index in [1.165, 1.54) is 0 Å². The first-order chi connectivity index (χ1) is 5.90. The number of hydrogen-bond donors (Lipinski definition) is 0. The fourth-order valence-electron chi connectivity index (χ4n) is 0.985. The number of terminal acetylenes is 1. The largest absolute Gasteiger partial charge is 0.226 e. The van der Waals surface area contributed by atoms with Gasteiger partial charge in [0.15, 0.2) is 5.65 Å². The van der Waals surface area contributed by atoms with Crippen LogP contribution in [0.2, 0.25) is 0 Å². The van der Waals surface area contributed by atoms with Gasteiger partial charge in [-0.2, -0.15) is 0 Å². The number of pyridine rings is 2. The molecule has 2 aromatic rings. The summed E-state index contributed by atoms with van der Waals surface area (Å²) in [5, 5.41) is 0.979. The first-order valence-corrected chi connectivity index (χ1v) is 3.50. The summed E-state index contributed by atoms with van der Waals surface area (Å²) in [5.41, 5.74) is 1.25. The number of nitrogens with zero attached hydrogens (tertiary/aromatic N) is 2. The van der Waals surface area contributed by atoms with Crippen LogP contribution in [0.25, 0.3) is 11.0 Å². The fourth-order valence-corrected chi connectivity index (χ4v) is 0.985. The Morgan fingerprint density at radius 2 is 2.25 bits per heavy atom. The first kappa shape index (κ1) is 6.81. The second-order valence-electron chi connectivity index (χ2n) is 2.33. The zero-order valence-corrected chi connectivity index (χ0v) is 6.28. The second-order valence-corrected chi connectivity index (χ2v) is 2.33. The van der Waals surface area contributed by atoms with Gasteiger partial charge in [-0.25, -0.2) is 9.97 Å². The van der Waals surface area contributed by atoms with Crippen LogP contribution in [0.4, 0.5) is 0 Å². The van der Waals surface area contributed by atoms with Crippen molar-refractivity contribution < 1.29 is 0 Å². The van der Waals surface area contributed by atoms with Crippen molar-refractivity contribution in [2.75, 3.05) is 0 Å². The normalized spacial score (nSPS) is 9.58. The van der Waals surface area contributed by atoms with Gasteiger partial charge in [-0.05, 0) is 24.3 Å². The number of rotatable bonds is 0. The van der Waals surface area contributed by atoms with E-state index in [0.717, 1.165) is 5.39 Å². The molecule has 2 heterocycles. The summed E-state index contributed by atoms with van der Waals surface area (Å²) in [4.78, 5) is 8.07. The minimum atomic E-state index is 0.606. The maximum Gasteiger partial charge on any atom is 0.161 e. The summed E-state index contributed by atoms with van der Waals surface area (Å²) in [6, 6.07) is 7.34. The van der Waals surface area contributed by atoms with Crippen LogP contribution in [0, 0.1) is 18.5 Å². The van der Waals surface area contributed by atoms with Crippen molar-refractivity contribution in [1.29, 1.82) is 0 Å². The summed E-state index contributed by atoms with van der Waals surface area (Å²) < 4.78 is 0. The minimum Gasteiger partial charge on any atom is -0.226 e. The summed E-state index contributed by atoms with van der Waals surface area (Å²) in [6.07, 6.45) is 7.90. The molecule has 0 fully saturated rings. The molecule has 2 rings (SSSR count). The monoisotopic (exact) mass is 153 g/mol. The van der Waals surface area contributed by atoms with E-state index < -0.39 is 0 Å². The molecule has 2 aromatic heterocycles. The van der Waals surface area contributed by atoms with Gasteiger partial charge in [-0.1, -0.05) is 5.92 Å². The molecule has 0 amide bonds. The lowest BCUT2D eigenvalue weighted by Crippen LogP contribution is -1.86. The Hall–Kier alpha value is -1.88. The molecule has 0 aliphatic heterocycles. The standard InChI is InChI=1S/C10H5N2/c1-2-9-6-5-8-4-3-7-11-10(8)12-9/h1,3-6H. The highest BCUT2D eigenvalue weighted by Gasteiger charge is 1.94. The predicted molar refractivity (Wildman–Crippen MR) is 46.3 cm³/mol. The summed E-state index contributed by atoms with van der Waals surface area (Å²) >= 11 is 0. The minimum absolute atomic E-state index is 0.606. The van der Waals surface area contributed by atoms with Gasteiger partial charge in [-0.3, -0.25) is 0 Å². The first-order valence-electron chi connectivity index (χ1n) is 3.50. The van der Waals surface area contributed by atoms with Crippen LogP contribution in [0.1, 0.15) is 5.69 Å². The average molecular weight is 153 g/mol. The van der Waals surface area contributed by atoms with Gasteiger partial charge in [0.25, 0.3) is 0 Å². The van der Waals surface area contributed by atoms with Crippen molar-refractivity contribution in [2.45, 2.75) is 0 Å². The van der Waals surface area contributed by atoms with E-state index in [9.17, 15) is 0 Å². The highest BCUT2D eigenvalue weighted by Crippen LogP contribution is 2.07. The molecule has 0 aliphatic rings. The molecule has 0 bridgehead atoms. The number of fused-ring (bicyclic) bond motifs is 1. The van der Waals surface area contributed by atoms with Crippen LogP contribution in [0.3, 0.4) is 0 Å². The van der Waals surface area contributed by atoms with E-state index in [-0.39, 0.29) is 0 Å². The molecule has 1 radical (unpaired) electrons. The van der Waals surface area contributed by atoms with Gasteiger partial charge in [0.1, 0.15) is 5.69 Å². The van der Waals surface area contributed by atoms with Gasteiger partial charge in [0.05, 0.1) is 6.20 Å². The van der Waals surface area contributed by atoms with Crippen molar-refractivity contribution in [3.05, 3.63) is 36.2 Å². The second kappa shape index (κ2) is 2.63. The van der Waals surface area contributed by atoms with Gasteiger partial charge in [-0.15, -0.1) is 6.42 Å². The average Bonchev–Trinajstić information content (AvgIpc) is 2.17. The molecule has 2 nitrogen and oxygen atoms in total. The Balaban J connectivity index is 2.78. The van der Waals surface area contributed by atoms with Gasteiger partial charge in [0.2, 0.25) is 0 Å². The predicted octanol–water partition coefficient (Wildman–Crippen LogP) is 1.41. The van der Waals surface area contributed by atoms with Crippen LogP contribution < -0.4 is 0 Å². The molecular formula is C10H5N2. The summed E-state index contributed by atoms with van der Waals surface area (Å²) in [6.45, 7) is 0. The third-order valence-electron chi connectivity index (χ3n) is 1.56. The van der Waals surface area contributed by atoms with Gasteiger partial charge < -0.3 is 0 Å². The fraction of sp³-hybridized carbons (Fsp3) is 0. The molecule has 0 spiro atoms. The maximum atomic E-state index is 5.19. The van der Waals surface area contributed by atoms with Crippen LogP contribution >= 0.6 is 0 Å². The van der Waals surface area contributed by atoms with E-state index in [4.69, 9.17) is 6.42 Å². The SMILES string of the molecule is C#Cc1ccc2cc[c]nc2n1. The van der Waals surface area contributed by atoms with E-state index in [1.54, 1.807) is 12.1 Å². The molecule has 0 saturated carbocycles. The number of aromatic nitrogens is 2. The lowest BCUT2D eigenvalue weighted by Gasteiger charge is -1.94. The van der Waals surface area contributed by atoms with Crippen molar-refractivity contribution in [1.82, 2.24) is 9.97 Å². The Bertz CT molecular complexity index is 455. The molecule has 2 heteroatoms. The van der Waals surface area contributed by atoms with E-state index in [2.05, 4.69) is 22.1 Å². The molecule has 0 unspecified atom stereocenters. The van der Waals surface area contributed by atoms with E-state index in [0.29, 0.717) is 11.3 Å². The van der Waals surface area contributed by atoms with Crippen LogP contribution in [0.5, 0.6) is 0 Å². The van der Waals surface area contributed by atoms with Crippen molar-refractivity contribution >= 4 is 11.0 Å². The van der Waals surface area contributed by atoms with Crippen molar-refractivity contribution in [3.8, 4) is 12.3 Å².